The van der Waals surface area contributed by atoms with E-state index in [1.807, 2.05) is 0 Å². The molecule has 90 valence electrons. The summed E-state index contributed by atoms with van der Waals surface area (Å²) < 4.78 is 22.9. The van der Waals surface area contributed by atoms with Crippen molar-refractivity contribution in [1.82, 2.24) is 4.98 Å². The van der Waals surface area contributed by atoms with Crippen molar-refractivity contribution in [3.63, 3.8) is 0 Å². The smallest absolute Gasteiger partial charge is 0.360 e. The van der Waals surface area contributed by atoms with E-state index in [9.17, 15) is 9.18 Å². The number of halogens is 1. The lowest BCUT2D eigenvalue weighted by molar-refractivity contribution is 0.0595. The Morgan fingerprint density at radius 1 is 1.59 bits per heavy atom. The van der Waals surface area contributed by atoms with Gasteiger partial charge in [-0.2, -0.15) is 9.37 Å². The number of carbonyl (C=O) groups excluding carboxylic acids is 1. The maximum atomic E-state index is 13.0. The fourth-order valence-corrected chi connectivity index (χ4v) is 2.29. The molecule has 0 spiro atoms. The first kappa shape index (κ1) is 12.1. The lowest BCUT2D eigenvalue weighted by atomic mass is 10.3. The minimum Gasteiger partial charge on any atom is -0.464 e. The second kappa shape index (κ2) is 4.89. The zero-order chi connectivity index (χ0) is 12.4. The highest BCUT2D eigenvalue weighted by Gasteiger charge is 2.23. The van der Waals surface area contributed by atoms with Crippen LogP contribution in [-0.2, 0) is 4.74 Å². The Kier molecular flexibility index (Phi) is 3.49. The number of oxazole rings is 1. The van der Waals surface area contributed by atoms with Gasteiger partial charge >= 0.3 is 5.97 Å². The predicted octanol–water partition coefficient (Wildman–Crippen LogP) is 3.05. The van der Waals surface area contributed by atoms with Crippen LogP contribution in [0.1, 0.15) is 10.5 Å². The van der Waals surface area contributed by atoms with Gasteiger partial charge < -0.3 is 9.15 Å². The molecule has 0 saturated heterocycles. The molecule has 0 aromatic carbocycles. The molecular formula is C10H8FNO3S2. The number of carbonyl (C=O) groups is 1. The van der Waals surface area contributed by atoms with Crippen molar-refractivity contribution >= 4 is 29.1 Å². The molecule has 0 aliphatic rings. The summed E-state index contributed by atoms with van der Waals surface area (Å²) in [6.07, 6.45) is 1.77. The van der Waals surface area contributed by atoms with E-state index in [2.05, 4.69) is 9.72 Å². The zero-order valence-electron chi connectivity index (χ0n) is 9.02. The molecule has 2 heterocycles. The van der Waals surface area contributed by atoms with Gasteiger partial charge in [0.15, 0.2) is 16.6 Å². The number of hydrogen-bond acceptors (Lipinski definition) is 6. The van der Waals surface area contributed by atoms with Crippen molar-refractivity contribution in [1.29, 1.82) is 0 Å². The quantitative estimate of drug-likeness (QED) is 0.635. The standard InChI is InChI=1S/C10H8FNO3S2/c1-14-9(13)7-8(15-10(12-7)16-2)5-3-4-6(11)17-5/h3-4H,1-2H3. The van der Waals surface area contributed by atoms with Crippen LogP contribution in [0.15, 0.2) is 21.8 Å². The Balaban J connectivity index is 2.51. The van der Waals surface area contributed by atoms with E-state index in [0.717, 1.165) is 11.3 Å². The normalized spacial score (nSPS) is 10.5. The average Bonchev–Trinajstić information content (AvgIpc) is 2.93. The van der Waals surface area contributed by atoms with Crippen molar-refractivity contribution in [2.45, 2.75) is 5.22 Å². The van der Waals surface area contributed by atoms with Crippen LogP contribution in [0, 0.1) is 5.13 Å². The van der Waals surface area contributed by atoms with Gasteiger partial charge in [-0.3, -0.25) is 0 Å². The number of rotatable bonds is 3. The third kappa shape index (κ3) is 2.34. The van der Waals surface area contributed by atoms with Gasteiger partial charge in [0.1, 0.15) is 0 Å². The van der Waals surface area contributed by atoms with Crippen molar-refractivity contribution in [2.24, 2.45) is 0 Å². The summed E-state index contributed by atoms with van der Waals surface area (Å²) >= 11 is 2.15. The molecule has 0 aliphatic heterocycles. The molecule has 7 heteroatoms. The van der Waals surface area contributed by atoms with E-state index >= 15 is 0 Å². The topological polar surface area (TPSA) is 52.3 Å². The summed E-state index contributed by atoms with van der Waals surface area (Å²) in [4.78, 5) is 16.0. The second-order valence-electron chi connectivity index (χ2n) is 2.96. The highest BCUT2D eigenvalue weighted by Crippen LogP contribution is 2.33. The Bertz CT molecular complexity index is 549. The van der Waals surface area contributed by atoms with Crippen LogP contribution < -0.4 is 0 Å². The van der Waals surface area contributed by atoms with Crippen LogP contribution >= 0.6 is 23.1 Å². The van der Waals surface area contributed by atoms with Crippen molar-refractivity contribution < 1.29 is 18.3 Å². The van der Waals surface area contributed by atoms with Crippen molar-refractivity contribution in [3.8, 4) is 10.6 Å². The van der Waals surface area contributed by atoms with Crippen LogP contribution in [0.2, 0.25) is 0 Å². The van der Waals surface area contributed by atoms with E-state index in [1.54, 1.807) is 6.26 Å². The number of methoxy groups -OCH3 is 1. The molecule has 0 bridgehead atoms. The van der Waals surface area contributed by atoms with Crippen LogP contribution in [-0.4, -0.2) is 24.3 Å². The van der Waals surface area contributed by atoms with Gasteiger partial charge in [0.25, 0.3) is 5.22 Å². The van der Waals surface area contributed by atoms with Gasteiger partial charge in [-0.25, -0.2) is 4.79 Å². The molecular weight excluding hydrogens is 265 g/mol. The van der Waals surface area contributed by atoms with Crippen LogP contribution in [0.4, 0.5) is 4.39 Å². The maximum Gasteiger partial charge on any atom is 0.360 e. The molecule has 0 saturated carbocycles. The third-order valence-electron chi connectivity index (χ3n) is 1.96. The van der Waals surface area contributed by atoms with Gasteiger partial charge in [-0.05, 0) is 18.4 Å². The first-order chi connectivity index (χ1) is 8.15. The fourth-order valence-electron chi connectivity index (χ4n) is 1.23. The number of ether oxygens (including phenoxy) is 1. The molecule has 2 rings (SSSR count). The minimum absolute atomic E-state index is 0.0682. The first-order valence-electron chi connectivity index (χ1n) is 4.54. The number of nitrogens with zero attached hydrogens (tertiary/aromatic N) is 1. The summed E-state index contributed by atoms with van der Waals surface area (Å²) in [5.41, 5.74) is 0.0682. The maximum absolute atomic E-state index is 13.0. The highest BCUT2D eigenvalue weighted by molar-refractivity contribution is 7.98. The number of hydrogen-bond donors (Lipinski definition) is 0. The average molecular weight is 273 g/mol. The summed E-state index contributed by atoms with van der Waals surface area (Å²) in [5, 5.41) is -0.00729. The molecule has 0 radical (unpaired) electrons. The number of thiophene rings is 1. The van der Waals surface area contributed by atoms with E-state index in [1.165, 1.54) is 31.0 Å². The van der Waals surface area contributed by atoms with Gasteiger partial charge in [0, 0.05) is 0 Å². The number of aromatic nitrogens is 1. The highest BCUT2D eigenvalue weighted by atomic mass is 32.2. The molecule has 2 aromatic heterocycles. The zero-order valence-corrected chi connectivity index (χ0v) is 10.7. The lowest BCUT2D eigenvalue weighted by Crippen LogP contribution is -2.02. The molecule has 0 aliphatic carbocycles. The number of thioether (sulfide) groups is 1. The molecule has 17 heavy (non-hydrogen) atoms. The lowest BCUT2D eigenvalue weighted by Gasteiger charge is -1.95. The Morgan fingerprint density at radius 3 is 2.88 bits per heavy atom. The van der Waals surface area contributed by atoms with Gasteiger partial charge in [0.2, 0.25) is 0 Å². The molecule has 0 fully saturated rings. The van der Waals surface area contributed by atoms with Crippen LogP contribution in [0.5, 0.6) is 0 Å². The molecule has 0 N–H and O–H groups in total. The van der Waals surface area contributed by atoms with E-state index < -0.39 is 5.97 Å². The van der Waals surface area contributed by atoms with Gasteiger partial charge in [-0.15, -0.1) is 11.3 Å². The summed E-state index contributed by atoms with van der Waals surface area (Å²) in [6, 6.07) is 2.85. The van der Waals surface area contributed by atoms with E-state index in [4.69, 9.17) is 4.42 Å². The molecule has 4 nitrogen and oxygen atoms in total. The first-order valence-corrected chi connectivity index (χ1v) is 6.58. The minimum atomic E-state index is -0.599. The molecule has 2 aromatic rings. The summed E-state index contributed by atoms with van der Waals surface area (Å²) in [6.45, 7) is 0. The summed E-state index contributed by atoms with van der Waals surface area (Å²) in [7, 11) is 1.26. The SMILES string of the molecule is COC(=O)c1nc(SC)oc1-c1ccc(F)s1. The van der Waals surface area contributed by atoms with E-state index in [0.29, 0.717) is 10.1 Å². The van der Waals surface area contributed by atoms with E-state index in [-0.39, 0.29) is 16.6 Å². The van der Waals surface area contributed by atoms with Crippen molar-refractivity contribution in [2.75, 3.05) is 13.4 Å². The Hall–Kier alpha value is -1.34. The van der Waals surface area contributed by atoms with Crippen LogP contribution in [0.3, 0.4) is 0 Å². The van der Waals surface area contributed by atoms with Crippen LogP contribution in [0.25, 0.3) is 10.6 Å². The Morgan fingerprint density at radius 2 is 2.35 bits per heavy atom. The van der Waals surface area contributed by atoms with Gasteiger partial charge in [-0.1, -0.05) is 11.8 Å². The molecule has 0 atom stereocenters. The second-order valence-corrected chi connectivity index (χ2v) is 4.75. The third-order valence-corrected chi connectivity index (χ3v) is 3.35. The molecule has 0 amide bonds. The Labute approximate surface area is 105 Å². The van der Waals surface area contributed by atoms with Crippen molar-refractivity contribution in [3.05, 3.63) is 23.0 Å². The molecule has 0 unspecified atom stereocenters. The number of esters is 1. The monoisotopic (exact) mass is 273 g/mol. The summed E-state index contributed by atoms with van der Waals surface area (Å²) in [5.74, 6) is -0.354. The van der Waals surface area contributed by atoms with Gasteiger partial charge in [0.05, 0.1) is 12.0 Å². The largest absolute Gasteiger partial charge is 0.464 e. The predicted molar refractivity (Wildman–Crippen MR) is 62.9 cm³/mol. The fraction of sp³-hybridized carbons (Fsp3) is 0.200.